The van der Waals surface area contributed by atoms with E-state index in [2.05, 4.69) is 4.98 Å². The minimum atomic E-state index is -0.256. The van der Waals surface area contributed by atoms with Crippen LogP contribution in [-0.4, -0.2) is 11.3 Å². The van der Waals surface area contributed by atoms with E-state index in [1.807, 2.05) is 6.92 Å². The lowest BCUT2D eigenvalue weighted by Crippen LogP contribution is -1.99. The predicted molar refractivity (Wildman–Crippen MR) is 65.1 cm³/mol. The highest BCUT2D eigenvalue weighted by molar-refractivity contribution is 5.71. The van der Waals surface area contributed by atoms with Gasteiger partial charge in [-0.05, 0) is 42.3 Å². The minimum absolute atomic E-state index is 0.256. The van der Waals surface area contributed by atoms with Crippen LogP contribution in [0.1, 0.15) is 21.6 Å². The molecule has 3 nitrogen and oxygen atoms in total. The molecular formula is C14H12FNO2. The van der Waals surface area contributed by atoms with Gasteiger partial charge in [-0.2, -0.15) is 0 Å². The third kappa shape index (κ3) is 2.91. The number of hydrogen-bond donors (Lipinski definition) is 0. The molecule has 0 atom stereocenters. The molecule has 18 heavy (non-hydrogen) atoms. The molecule has 0 saturated carbocycles. The molecule has 0 radical (unpaired) electrons. The fourth-order valence-corrected chi connectivity index (χ4v) is 1.53. The standard InChI is InChI=1S/C14H12FNO2/c1-10-6-12(15)3-2-11(10)9-18-14-5-4-13(8-17)16-7-14/h2-8H,9H2,1H3. The van der Waals surface area contributed by atoms with E-state index < -0.39 is 0 Å². The maximum Gasteiger partial charge on any atom is 0.168 e. The number of aromatic nitrogens is 1. The zero-order chi connectivity index (χ0) is 13.0. The van der Waals surface area contributed by atoms with Crippen molar-refractivity contribution in [3.63, 3.8) is 0 Å². The first kappa shape index (κ1) is 12.2. The van der Waals surface area contributed by atoms with Crippen LogP contribution in [-0.2, 0) is 6.61 Å². The molecule has 1 aromatic carbocycles. The number of nitrogens with zero attached hydrogens (tertiary/aromatic N) is 1. The Kier molecular flexibility index (Phi) is 3.67. The average molecular weight is 245 g/mol. The molecule has 2 aromatic rings. The van der Waals surface area contributed by atoms with Crippen molar-refractivity contribution in [3.05, 3.63) is 59.2 Å². The van der Waals surface area contributed by atoms with Gasteiger partial charge in [0.1, 0.15) is 23.9 Å². The van der Waals surface area contributed by atoms with Crippen molar-refractivity contribution in [2.24, 2.45) is 0 Å². The third-order valence-corrected chi connectivity index (χ3v) is 2.58. The molecule has 1 heterocycles. The lowest BCUT2D eigenvalue weighted by Gasteiger charge is -2.08. The van der Waals surface area contributed by atoms with E-state index in [0.29, 0.717) is 24.3 Å². The molecule has 0 saturated heterocycles. The topological polar surface area (TPSA) is 39.2 Å². The van der Waals surface area contributed by atoms with Crippen molar-refractivity contribution in [2.45, 2.75) is 13.5 Å². The number of aldehydes is 1. The van der Waals surface area contributed by atoms with E-state index >= 15 is 0 Å². The molecule has 0 aliphatic carbocycles. The summed E-state index contributed by atoms with van der Waals surface area (Å²) in [5.41, 5.74) is 2.11. The highest BCUT2D eigenvalue weighted by Crippen LogP contribution is 2.14. The lowest BCUT2D eigenvalue weighted by molar-refractivity contribution is 0.111. The maximum atomic E-state index is 12.9. The first-order chi connectivity index (χ1) is 8.69. The van der Waals surface area contributed by atoms with Crippen molar-refractivity contribution < 1.29 is 13.9 Å². The minimum Gasteiger partial charge on any atom is -0.487 e. The molecule has 0 fully saturated rings. The number of benzene rings is 1. The predicted octanol–water partition coefficient (Wildman–Crippen LogP) is 2.92. The maximum absolute atomic E-state index is 12.9. The summed E-state index contributed by atoms with van der Waals surface area (Å²) >= 11 is 0. The fraction of sp³-hybridized carbons (Fsp3) is 0.143. The quantitative estimate of drug-likeness (QED) is 0.777. The van der Waals surface area contributed by atoms with Gasteiger partial charge in [-0.3, -0.25) is 4.79 Å². The molecule has 0 N–H and O–H groups in total. The van der Waals surface area contributed by atoms with Gasteiger partial charge in [0.2, 0.25) is 0 Å². The number of halogens is 1. The lowest BCUT2D eigenvalue weighted by atomic mass is 10.1. The number of ether oxygens (including phenoxy) is 1. The Morgan fingerprint density at radius 1 is 1.33 bits per heavy atom. The molecule has 2 rings (SSSR count). The Labute approximate surface area is 104 Å². The first-order valence-corrected chi connectivity index (χ1v) is 5.48. The van der Waals surface area contributed by atoms with E-state index in [1.165, 1.54) is 18.3 Å². The van der Waals surface area contributed by atoms with Crippen molar-refractivity contribution in [3.8, 4) is 5.75 Å². The number of rotatable bonds is 4. The summed E-state index contributed by atoms with van der Waals surface area (Å²) in [6.45, 7) is 2.17. The van der Waals surface area contributed by atoms with Crippen LogP contribution in [0, 0.1) is 12.7 Å². The Bertz CT molecular complexity index is 552. The number of pyridine rings is 1. The Morgan fingerprint density at radius 2 is 2.17 bits per heavy atom. The van der Waals surface area contributed by atoms with Gasteiger partial charge in [-0.15, -0.1) is 0 Å². The molecule has 0 aliphatic heterocycles. The van der Waals surface area contributed by atoms with Gasteiger partial charge in [-0.1, -0.05) is 6.07 Å². The molecule has 4 heteroatoms. The summed E-state index contributed by atoms with van der Waals surface area (Å²) in [4.78, 5) is 14.3. The SMILES string of the molecule is Cc1cc(F)ccc1COc1ccc(C=O)nc1. The first-order valence-electron chi connectivity index (χ1n) is 5.48. The van der Waals surface area contributed by atoms with Crippen LogP contribution < -0.4 is 4.74 Å². The van der Waals surface area contributed by atoms with Crippen molar-refractivity contribution in [1.29, 1.82) is 0 Å². The van der Waals surface area contributed by atoms with Crippen molar-refractivity contribution >= 4 is 6.29 Å². The zero-order valence-electron chi connectivity index (χ0n) is 9.89. The molecular weight excluding hydrogens is 233 g/mol. The normalized spacial score (nSPS) is 10.1. The second-order valence-corrected chi connectivity index (χ2v) is 3.90. The van der Waals surface area contributed by atoms with E-state index in [4.69, 9.17) is 4.74 Å². The number of carbonyl (C=O) groups is 1. The number of aryl methyl sites for hydroxylation is 1. The molecule has 0 unspecified atom stereocenters. The van der Waals surface area contributed by atoms with Gasteiger partial charge in [0.15, 0.2) is 6.29 Å². The van der Waals surface area contributed by atoms with E-state index in [1.54, 1.807) is 18.2 Å². The van der Waals surface area contributed by atoms with Gasteiger partial charge in [-0.25, -0.2) is 9.37 Å². The molecule has 0 amide bonds. The highest BCUT2D eigenvalue weighted by atomic mass is 19.1. The Hall–Kier alpha value is -2.23. The summed E-state index contributed by atoms with van der Waals surface area (Å²) in [5.74, 6) is 0.317. The second kappa shape index (κ2) is 5.40. The molecule has 0 spiro atoms. The van der Waals surface area contributed by atoms with Crippen LogP contribution >= 0.6 is 0 Å². The summed E-state index contributed by atoms with van der Waals surface area (Å²) in [7, 11) is 0. The van der Waals surface area contributed by atoms with Gasteiger partial charge < -0.3 is 4.74 Å². The number of carbonyl (C=O) groups excluding carboxylic acids is 1. The molecule has 92 valence electrons. The highest BCUT2D eigenvalue weighted by Gasteiger charge is 2.02. The monoisotopic (exact) mass is 245 g/mol. The van der Waals surface area contributed by atoms with Crippen molar-refractivity contribution in [2.75, 3.05) is 0 Å². The van der Waals surface area contributed by atoms with Crippen LogP contribution in [0.4, 0.5) is 4.39 Å². The molecule has 1 aromatic heterocycles. The smallest absolute Gasteiger partial charge is 0.168 e. The summed E-state index contributed by atoms with van der Waals surface area (Å²) in [6, 6.07) is 7.82. The second-order valence-electron chi connectivity index (χ2n) is 3.90. The van der Waals surface area contributed by atoms with Crippen LogP contribution in [0.25, 0.3) is 0 Å². The van der Waals surface area contributed by atoms with Gasteiger partial charge in [0.25, 0.3) is 0 Å². The van der Waals surface area contributed by atoms with Gasteiger partial charge >= 0.3 is 0 Å². The van der Waals surface area contributed by atoms with Gasteiger partial charge in [0.05, 0.1) is 6.20 Å². The van der Waals surface area contributed by atoms with E-state index in [9.17, 15) is 9.18 Å². The Balaban J connectivity index is 2.04. The number of hydrogen-bond acceptors (Lipinski definition) is 3. The largest absolute Gasteiger partial charge is 0.487 e. The summed E-state index contributed by atoms with van der Waals surface area (Å²) < 4.78 is 18.4. The fourth-order valence-electron chi connectivity index (χ4n) is 1.53. The van der Waals surface area contributed by atoms with Crippen molar-refractivity contribution in [1.82, 2.24) is 4.98 Å². The van der Waals surface area contributed by atoms with Crippen LogP contribution in [0.3, 0.4) is 0 Å². The van der Waals surface area contributed by atoms with E-state index in [0.717, 1.165) is 11.1 Å². The summed E-state index contributed by atoms with van der Waals surface area (Å²) in [6.07, 6.45) is 2.16. The summed E-state index contributed by atoms with van der Waals surface area (Å²) in [5, 5.41) is 0. The van der Waals surface area contributed by atoms with E-state index in [-0.39, 0.29) is 5.82 Å². The van der Waals surface area contributed by atoms with Crippen LogP contribution in [0.15, 0.2) is 36.5 Å². The average Bonchev–Trinajstić information content (AvgIpc) is 2.38. The van der Waals surface area contributed by atoms with Crippen LogP contribution in [0.5, 0.6) is 5.75 Å². The Morgan fingerprint density at radius 3 is 2.78 bits per heavy atom. The molecule has 0 aliphatic rings. The third-order valence-electron chi connectivity index (χ3n) is 2.58. The molecule has 0 bridgehead atoms. The van der Waals surface area contributed by atoms with Gasteiger partial charge in [0, 0.05) is 0 Å². The van der Waals surface area contributed by atoms with Crippen LogP contribution in [0.2, 0.25) is 0 Å². The zero-order valence-corrected chi connectivity index (χ0v) is 9.89.